The van der Waals surface area contributed by atoms with Crippen LogP contribution in [0.4, 0.5) is 0 Å². The Kier molecular flexibility index (Phi) is 7.54. The van der Waals surface area contributed by atoms with Crippen LogP contribution in [0.1, 0.15) is 5.56 Å². The molecule has 2 amide bonds. The number of carbonyl (C=O) groups excluding carboxylic acids is 3. The highest BCUT2D eigenvalue weighted by Crippen LogP contribution is 2.29. The van der Waals surface area contributed by atoms with Crippen molar-refractivity contribution in [1.82, 2.24) is 10.2 Å². The summed E-state index contributed by atoms with van der Waals surface area (Å²) >= 11 is 1.20. The third kappa shape index (κ3) is 5.65. The second-order valence-electron chi connectivity index (χ2n) is 5.56. The Morgan fingerprint density at radius 2 is 1.96 bits per heavy atom. The minimum Gasteiger partial charge on any atom is -0.493 e. The molecular formula is C18H22N2O6S. The minimum absolute atomic E-state index is 0.138. The maximum absolute atomic E-state index is 12.2. The summed E-state index contributed by atoms with van der Waals surface area (Å²) < 4.78 is 15.0. The largest absolute Gasteiger partial charge is 0.493 e. The number of carbonyl (C=O) groups is 3. The monoisotopic (exact) mass is 394 g/mol. The number of methoxy groups -OCH3 is 3. The summed E-state index contributed by atoms with van der Waals surface area (Å²) in [6.07, 6.45) is 1.81. The minimum atomic E-state index is -0.564. The van der Waals surface area contributed by atoms with Crippen LogP contribution < -0.4 is 14.8 Å². The van der Waals surface area contributed by atoms with Gasteiger partial charge in [0, 0.05) is 6.54 Å². The van der Waals surface area contributed by atoms with Crippen LogP contribution in [0.5, 0.6) is 11.5 Å². The summed E-state index contributed by atoms with van der Waals surface area (Å²) in [5.41, 5.74) is 0.979. The molecule has 1 aromatic carbocycles. The van der Waals surface area contributed by atoms with Gasteiger partial charge in [-0.25, -0.2) is 4.79 Å². The zero-order valence-electron chi connectivity index (χ0n) is 15.4. The summed E-state index contributed by atoms with van der Waals surface area (Å²) in [4.78, 5) is 36.7. The van der Waals surface area contributed by atoms with Crippen molar-refractivity contribution in [3.63, 3.8) is 0 Å². The van der Waals surface area contributed by atoms with Crippen molar-refractivity contribution < 1.29 is 28.6 Å². The van der Waals surface area contributed by atoms with Crippen LogP contribution in [0.15, 0.2) is 29.3 Å². The highest BCUT2D eigenvalue weighted by molar-refractivity contribution is 8.04. The molecule has 0 saturated carbocycles. The molecule has 1 aromatic rings. The fraction of sp³-hybridized carbons (Fsp3) is 0.389. The van der Waals surface area contributed by atoms with Gasteiger partial charge in [0.05, 0.1) is 38.2 Å². The van der Waals surface area contributed by atoms with Gasteiger partial charge in [-0.2, -0.15) is 0 Å². The smallest absolute Gasteiger partial charge is 0.333 e. The molecule has 0 spiro atoms. The van der Waals surface area contributed by atoms with Crippen LogP contribution in [0.2, 0.25) is 0 Å². The molecule has 1 aliphatic heterocycles. The Bertz CT molecular complexity index is 749. The van der Waals surface area contributed by atoms with Gasteiger partial charge in [0.25, 0.3) is 0 Å². The van der Waals surface area contributed by atoms with Crippen LogP contribution in [-0.4, -0.2) is 62.9 Å². The average Bonchev–Trinajstić information content (AvgIpc) is 3.00. The summed E-state index contributed by atoms with van der Waals surface area (Å²) in [5, 5.41) is 3.19. The molecule has 1 N–H and O–H groups in total. The van der Waals surface area contributed by atoms with E-state index in [1.165, 1.54) is 29.8 Å². The SMILES string of the molecule is COC(=O)C=C1SCC(=O)N1CC(=O)NCCc1ccc(OC)c(OC)c1. The molecule has 1 aliphatic rings. The Labute approximate surface area is 161 Å². The van der Waals surface area contributed by atoms with E-state index < -0.39 is 5.97 Å². The number of nitrogens with one attached hydrogen (secondary N) is 1. The molecule has 0 aromatic heterocycles. The predicted molar refractivity (Wildman–Crippen MR) is 101 cm³/mol. The first-order valence-corrected chi connectivity index (χ1v) is 9.17. The normalized spacial score (nSPS) is 15.0. The topological polar surface area (TPSA) is 94.2 Å². The summed E-state index contributed by atoms with van der Waals surface area (Å²) in [6.45, 7) is 0.264. The first-order chi connectivity index (χ1) is 13.0. The van der Waals surface area contributed by atoms with Gasteiger partial charge in [0.1, 0.15) is 6.54 Å². The third-order valence-electron chi connectivity index (χ3n) is 3.84. The number of hydrogen-bond donors (Lipinski definition) is 1. The van der Waals surface area contributed by atoms with Gasteiger partial charge in [-0.05, 0) is 24.1 Å². The van der Waals surface area contributed by atoms with E-state index in [9.17, 15) is 14.4 Å². The molecule has 0 unspecified atom stereocenters. The molecule has 1 fully saturated rings. The number of rotatable bonds is 8. The molecule has 27 heavy (non-hydrogen) atoms. The molecule has 8 nitrogen and oxygen atoms in total. The van der Waals surface area contributed by atoms with E-state index in [2.05, 4.69) is 10.1 Å². The molecule has 0 bridgehead atoms. The molecular weight excluding hydrogens is 372 g/mol. The van der Waals surface area contributed by atoms with E-state index in [4.69, 9.17) is 9.47 Å². The van der Waals surface area contributed by atoms with Gasteiger partial charge >= 0.3 is 5.97 Å². The first kappa shape index (κ1) is 20.6. The quantitative estimate of drug-likeness (QED) is 0.518. The molecule has 0 radical (unpaired) electrons. The number of nitrogens with zero attached hydrogens (tertiary/aromatic N) is 1. The average molecular weight is 394 g/mol. The van der Waals surface area contributed by atoms with Crippen LogP contribution in [-0.2, 0) is 25.5 Å². The molecule has 1 heterocycles. The maximum atomic E-state index is 12.2. The number of esters is 1. The highest BCUT2D eigenvalue weighted by atomic mass is 32.2. The van der Waals surface area contributed by atoms with Crippen molar-refractivity contribution in [3.05, 3.63) is 34.9 Å². The van der Waals surface area contributed by atoms with Crippen molar-refractivity contribution >= 4 is 29.5 Å². The number of ether oxygens (including phenoxy) is 3. The van der Waals surface area contributed by atoms with E-state index >= 15 is 0 Å². The number of hydrogen-bond acceptors (Lipinski definition) is 7. The summed E-state index contributed by atoms with van der Waals surface area (Å²) in [6, 6.07) is 5.55. The Balaban J connectivity index is 1.88. The lowest BCUT2D eigenvalue weighted by Gasteiger charge is -2.16. The third-order valence-corrected chi connectivity index (χ3v) is 4.86. The summed E-state index contributed by atoms with van der Waals surface area (Å²) in [5.74, 6) is 0.374. The van der Waals surface area contributed by atoms with Crippen molar-refractivity contribution in [3.8, 4) is 11.5 Å². The zero-order valence-corrected chi connectivity index (χ0v) is 16.3. The molecule has 1 saturated heterocycles. The second kappa shape index (κ2) is 9.86. The van der Waals surface area contributed by atoms with E-state index in [1.807, 2.05) is 12.1 Å². The summed E-state index contributed by atoms with van der Waals surface area (Å²) in [7, 11) is 4.39. The molecule has 9 heteroatoms. The van der Waals surface area contributed by atoms with Gasteiger partial charge in [0.15, 0.2) is 11.5 Å². The maximum Gasteiger partial charge on any atom is 0.333 e. The lowest BCUT2D eigenvalue weighted by Crippen LogP contribution is -2.38. The Morgan fingerprint density at radius 3 is 2.63 bits per heavy atom. The van der Waals surface area contributed by atoms with Gasteiger partial charge in [-0.3, -0.25) is 14.5 Å². The van der Waals surface area contributed by atoms with E-state index in [0.29, 0.717) is 29.5 Å². The van der Waals surface area contributed by atoms with Crippen LogP contribution in [0, 0.1) is 0 Å². The van der Waals surface area contributed by atoms with Crippen molar-refractivity contribution in [2.75, 3.05) is 40.2 Å². The van der Waals surface area contributed by atoms with E-state index in [1.54, 1.807) is 20.3 Å². The molecule has 146 valence electrons. The lowest BCUT2D eigenvalue weighted by atomic mass is 10.1. The van der Waals surface area contributed by atoms with Crippen LogP contribution in [0.3, 0.4) is 0 Å². The molecule has 0 atom stereocenters. The van der Waals surface area contributed by atoms with Gasteiger partial charge in [0.2, 0.25) is 11.8 Å². The van der Waals surface area contributed by atoms with Crippen molar-refractivity contribution in [1.29, 1.82) is 0 Å². The number of thioether (sulfide) groups is 1. The van der Waals surface area contributed by atoms with Crippen LogP contribution >= 0.6 is 11.8 Å². The number of amides is 2. The number of benzene rings is 1. The van der Waals surface area contributed by atoms with Gasteiger partial charge in [-0.15, -0.1) is 0 Å². The van der Waals surface area contributed by atoms with Crippen LogP contribution in [0.25, 0.3) is 0 Å². The fourth-order valence-electron chi connectivity index (χ4n) is 2.44. The lowest BCUT2D eigenvalue weighted by molar-refractivity contribution is -0.135. The predicted octanol–water partition coefficient (Wildman–Crippen LogP) is 0.952. The van der Waals surface area contributed by atoms with Gasteiger partial charge in [-0.1, -0.05) is 17.8 Å². The first-order valence-electron chi connectivity index (χ1n) is 8.19. The highest BCUT2D eigenvalue weighted by Gasteiger charge is 2.29. The standard InChI is InChI=1S/C18H22N2O6S/c1-24-13-5-4-12(8-14(13)25-2)6-7-19-15(21)10-20-16(22)11-27-17(20)9-18(23)26-3/h4-5,8-9H,6-7,10-11H2,1-3H3,(H,19,21). The van der Waals surface area contributed by atoms with Crippen molar-refractivity contribution in [2.45, 2.75) is 6.42 Å². The zero-order chi connectivity index (χ0) is 19.8. The molecule has 2 rings (SSSR count). The van der Waals surface area contributed by atoms with Gasteiger partial charge < -0.3 is 19.5 Å². The van der Waals surface area contributed by atoms with Crippen molar-refractivity contribution in [2.24, 2.45) is 0 Å². The fourth-order valence-corrected chi connectivity index (χ4v) is 3.37. The Hall–Kier alpha value is -2.68. The van der Waals surface area contributed by atoms with E-state index in [-0.39, 0.29) is 24.1 Å². The Morgan fingerprint density at radius 1 is 1.22 bits per heavy atom. The molecule has 0 aliphatic carbocycles. The van der Waals surface area contributed by atoms with E-state index in [0.717, 1.165) is 5.56 Å². The second-order valence-corrected chi connectivity index (χ2v) is 6.56.